The molecule has 0 saturated heterocycles. The average Bonchev–Trinajstić information content (AvgIpc) is 2.14. The van der Waals surface area contributed by atoms with Gasteiger partial charge in [-0.3, -0.25) is 10.1 Å². The van der Waals surface area contributed by atoms with Gasteiger partial charge < -0.3 is 4.74 Å². The van der Waals surface area contributed by atoms with Gasteiger partial charge in [-0.05, 0) is 12.1 Å². The fraction of sp³-hybridized carbons (Fsp3) is 0.333. The van der Waals surface area contributed by atoms with E-state index in [1.165, 1.54) is 18.2 Å². The number of nitro groups is 1. The number of benzene rings is 1. The zero-order valence-corrected chi connectivity index (χ0v) is 7.64. The van der Waals surface area contributed by atoms with Crippen LogP contribution in [0.3, 0.4) is 0 Å². The van der Waals surface area contributed by atoms with Crippen molar-refractivity contribution < 1.29 is 14.1 Å². The van der Waals surface area contributed by atoms with E-state index in [1.807, 2.05) is 0 Å². The number of ether oxygens (including phenoxy) is 1. The third-order valence-corrected chi connectivity index (χ3v) is 1.65. The van der Waals surface area contributed by atoms with Crippen LogP contribution in [0.4, 0.5) is 4.39 Å². The molecular weight excluding hydrogens is 189 g/mol. The van der Waals surface area contributed by atoms with Crippen molar-refractivity contribution in [3.63, 3.8) is 0 Å². The van der Waals surface area contributed by atoms with Gasteiger partial charge in [-0.15, -0.1) is 0 Å². The summed E-state index contributed by atoms with van der Waals surface area (Å²) in [5.74, 6) is -0.297. The van der Waals surface area contributed by atoms with Crippen LogP contribution in [0, 0.1) is 15.9 Å². The minimum atomic E-state index is -1.11. The van der Waals surface area contributed by atoms with Crippen molar-refractivity contribution in [3.05, 3.63) is 40.2 Å². The molecule has 0 heterocycles. The Balaban J connectivity index is 2.72. The molecule has 0 N–H and O–H groups in total. The minimum absolute atomic E-state index is 0.175. The van der Waals surface area contributed by atoms with Crippen molar-refractivity contribution in [2.75, 3.05) is 0 Å². The molecule has 1 atom stereocenters. The van der Waals surface area contributed by atoms with Crippen molar-refractivity contribution in [3.8, 4) is 5.75 Å². The number of nitrogens with zero attached hydrogens (tertiary/aromatic N) is 1. The first-order valence-electron chi connectivity index (χ1n) is 4.19. The van der Waals surface area contributed by atoms with Gasteiger partial charge in [0.15, 0.2) is 0 Å². The van der Waals surface area contributed by atoms with E-state index in [4.69, 9.17) is 4.74 Å². The van der Waals surface area contributed by atoms with Crippen LogP contribution in [0.15, 0.2) is 24.3 Å². The normalized spacial score (nSPS) is 12.1. The molecule has 4 nitrogen and oxygen atoms in total. The second-order valence-corrected chi connectivity index (χ2v) is 2.72. The highest BCUT2D eigenvalue weighted by molar-refractivity contribution is 5.22. The Hall–Kier alpha value is -1.65. The second kappa shape index (κ2) is 4.55. The van der Waals surface area contributed by atoms with Crippen LogP contribution in [0.25, 0.3) is 0 Å². The molecule has 76 valence electrons. The van der Waals surface area contributed by atoms with Crippen LogP contribution in [-0.4, -0.2) is 11.2 Å². The number of hydrogen-bond donors (Lipinski definition) is 0. The Kier molecular flexibility index (Phi) is 3.39. The molecule has 0 fully saturated rings. The van der Waals surface area contributed by atoms with Crippen molar-refractivity contribution >= 4 is 0 Å². The molecule has 1 aromatic rings. The van der Waals surface area contributed by atoms with Crippen LogP contribution < -0.4 is 4.74 Å². The third kappa shape index (κ3) is 2.69. The van der Waals surface area contributed by atoms with Crippen molar-refractivity contribution in [1.82, 2.24) is 0 Å². The first kappa shape index (κ1) is 10.4. The van der Waals surface area contributed by atoms with E-state index in [9.17, 15) is 14.5 Å². The molecular formula is C9H10FNO3. The Bertz CT molecular complexity index is 330. The summed E-state index contributed by atoms with van der Waals surface area (Å²) in [4.78, 5) is 9.87. The van der Waals surface area contributed by atoms with Crippen molar-refractivity contribution in [2.45, 2.75) is 19.6 Å². The summed E-state index contributed by atoms with van der Waals surface area (Å²) in [6.45, 7) is 1.63. The van der Waals surface area contributed by atoms with E-state index in [-0.39, 0.29) is 12.2 Å². The Morgan fingerprint density at radius 3 is 2.86 bits per heavy atom. The van der Waals surface area contributed by atoms with Crippen LogP contribution in [0.1, 0.15) is 13.3 Å². The van der Waals surface area contributed by atoms with Gasteiger partial charge in [0, 0.05) is 6.07 Å². The highest BCUT2D eigenvalue weighted by Crippen LogP contribution is 2.14. The van der Waals surface area contributed by atoms with Gasteiger partial charge in [-0.1, -0.05) is 13.0 Å². The molecule has 1 aromatic carbocycles. The third-order valence-electron chi connectivity index (χ3n) is 1.65. The summed E-state index contributed by atoms with van der Waals surface area (Å²) in [7, 11) is 0. The first-order valence-corrected chi connectivity index (χ1v) is 4.19. The van der Waals surface area contributed by atoms with Crippen LogP contribution in [-0.2, 0) is 0 Å². The molecule has 0 aromatic heterocycles. The lowest BCUT2D eigenvalue weighted by Crippen LogP contribution is -2.25. The van der Waals surface area contributed by atoms with Gasteiger partial charge in [0.1, 0.15) is 11.6 Å². The second-order valence-electron chi connectivity index (χ2n) is 2.72. The lowest BCUT2D eigenvalue weighted by molar-refractivity contribution is -0.563. The van der Waals surface area contributed by atoms with E-state index < -0.39 is 17.0 Å². The molecule has 0 radical (unpaired) electrons. The van der Waals surface area contributed by atoms with Gasteiger partial charge >= 0.3 is 6.23 Å². The molecule has 0 aliphatic heterocycles. The summed E-state index contributed by atoms with van der Waals surface area (Å²) in [6.07, 6.45) is -0.874. The maximum atomic E-state index is 12.7. The fourth-order valence-electron chi connectivity index (χ4n) is 0.973. The quantitative estimate of drug-likeness (QED) is 0.424. The molecule has 0 aliphatic rings. The lowest BCUT2D eigenvalue weighted by Gasteiger charge is -2.09. The monoisotopic (exact) mass is 199 g/mol. The molecule has 0 amide bonds. The van der Waals surface area contributed by atoms with Crippen molar-refractivity contribution in [2.24, 2.45) is 0 Å². The topological polar surface area (TPSA) is 52.4 Å². The lowest BCUT2D eigenvalue weighted by atomic mass is 10.3. The predicted molar refractivity (Wildman–Crippen MR) is 48.1 cm³/mol. The van der Waals surface area contributed by atoms with Gasteiger partial charge in [-0.2, -0.15) is 0 Å². The largest absolute Gasteiger partial charge is 0.430 e. The van der Waals surface area contributed by atoms with Gasteiger partial charge in [-0.25, -0.2) is 4.39 Å². The first-order chi connectivity index (χ1) is 6.63. The molecule has 1 rings (SSSR count). The fourth-order valence-corrected chi connectivity index (χ4v) is 0.973. The highest BCUT2D eigenvalue weighted by Gasteiger charge is 2.18. The highest BCUT2D eigenvalue weighted by atomic mass is 19.1. The number of hydrogen-bond acceptors (Lipinski definition) is 3. The van der Waals surface area contributed by atoms with E-state index >= 15 is 0 Å². The van der Waals surface area contributed by atoms with Crippen LogP contribution in [0.5, 0.6) is 5.75 Å². The summed E-state index contributed by atoms with van der Waals surface area (Å²) < 4.78 is 17.6. The van der Waals surface area contributed by atoms with Gasteiger partial charge in [0.05, 0.1) is 11.3 Å². The Morgan fingerprint density at radius 1 is 1.64 bits per heavy atom. The predicted octanol–water partition coefficient (Wildman–Crippen LogP) is 2.22. The summed E-state index contributed by atoms with van der Waals surface area (Å²) in [5.41, 5.74) is 0. The van der Waals surface area contributed by atoms with E-state index in [1.54, 1.807) is 6.92 Å². The molecule has 1 unspecified atom stereocenters. The average molecular weight is 199 g/mol. The zero-order valence-electron chi connectivity index (χ0n) is 7.64. The SMILES string of the molecule is CCC(Oc1cccc(F)c1)[N+](=O)[O-]. The zero-order chi connectivity index (χ0) is 10.6. The minimum Gasteiger partial charge on any atom is -0.430 e. The number of halogens is 1. The van der Waals surface area contributed by atoms with E-state index in [0.717, 1.165) is 6.07 Å². The molecule has 0 saturated carbocycles. The standard InChI is InChI=1S/C9H10FNO3/c1-2-9(11(12)13)14-8-5-3-4-7(10)6-8/h3-6,9H,2H2,1H3. The van der Waals surface area contributed by atoms with Crippen molar-refractivity contribution in [1.29, 1.82) is 0 Å². The maximum absolute atomic E-state index is 12.7. The van der Waals surface area contributed by atoms with Gasteiger partial charge in [0.2, 0.25) is 0 Å². The number of rotatable bonds is 4. The molecule has 14 heavy (non-hydrogen) atoms. The molecule has 5 heteroatoms. The summed E-state index contributed by atoms with van der Waals surface area (Å²) in [5, 5.41) is 10.4. The Labute approximate surface area is 80.5 Å². The smallest absolute Gasteiger partial charge is 0.353 e. The van der Waals surface area contributed by atoms with Crippen LogP contribution in [0.2, 0.25) is 0 Å². The summed E-state index contributed by atoms with van der Waals surface area (Å²) in [6, 6.07) is 5.29. The summed E-state index contributed by atoms with van der Waals surface area (Å²) >= 11 is 0. The molecule has 0 spiro atoms. The van der Waals surface area contributed by atoms with E-state index in [0.29, 0.717) is 0 Å². The molecule has 0 aliphatic carbocycles. The Morgan fingerprint density at radius 2 is 2.36 bits per heavy atom. The van der Waals surface area contributed by atoms with E-state index in [2.05, 4.69) is 0 Å². The van der Waals surface area contributed by atoms with Crippen LogP contribution >= 0.6 is 0 Å². The van der Waals surface area contributed by atoms with Gasteiger partial charge in [0.25, 0.3) is 0 Å². The maximum Gasteiger partial charge on any atom is 0.353 e. The molecule has 0 bridgehead atoms.